The van der Waals surface area contributed by atoms with Crippen molar-refractivity contribution in [2.75, 3.05) is 36.8 Å². The molecule has 18 heavy (non-hydrogen) atoms. The highest BCUT2D eigenvalue weighted by atomic mass is 35.5. The highest BCUT2D eigenvalue weighted by molar-refractivity contribution is 6.33. The number of nitrogens with zero attached hydrogens (tertiary/aromatic N) is 2. The van der Waals surface area contributed by atoms with Gasteiger partial charge in [-0.1, -0.05) is 17.7 Å². The largest absolute Gasteiger partial charge is 0.396 e. The van der Waals surface area contributed by atoms with Crippen molar-refractivity contribution < 1.29 is 4.79 Å². The van der Waals surface area contributed by atoms with Crippen LogP contribution in [0.1, 0.15) is 0 Å². The van der Waals surface area contributed by atoms with E-state index in [1.54, 1.807) is 6.07 Å². The normalized spacial score (nSPS) is 22.9. The Morgan fingerprint density at radius 3 is 3.06 bits per heavy atom. The van der Waals surface area contributed by atoms with E-state index in [4.69, 9.17) is 17.3 Å². The molecule has 3 rings (SSSR count). The van der Waals surface area contributed by atoms with Gasteiger partial charge < -0.3 is 20.9 Å². The maximum atomic E-state index is 11.5. The molecule has 0 aliphatic carbocycles. The number of rotatable bonds is 1. The molecule has 0 aromatic heterocycles. The van der Waals surface area contributed by atoms with Gasteiger partial charge in [0.05, 0.1) is 22.4 Å². The Morgan fingerprint density at radius 2 is 2.22 bits per heavy atom. The summed E-state index contributed by atoms with van der Waals surface area (Å²) in [5, 5.41) is 3.44. The molecule has 2 aliphatic heterocycles. The van der Waals surface area contributed by atoms with Gasteiger partial charge in [0, 0.05) is 26.2 Å². The van der Waals surface area contributed by atoms with Crippen molar-refractivity contribution in [3.63, 3.8) is 0 Å². The van der Waals surface area contributed by atoms with Gasteiger partial charge in [-0.3, -0.25) is 0 Å². The lowest BCUT2D eigenvalue weighted by molar-refractivity contribution is 0.198. The van der Waals surface area contributed by atoms with E-state index in [0.29, 0.717) is 17.3 Å². The molecule has 2 aliphatic rings. The molecule has 0 spiro atoms. The second kappa shape index (κ2) is 4.24. The predicted octanol–water partition coefficient (Wildman–Crippen LogP) is 1.14. The standard InChI is InChI=1S/C12H15ClN4O/c13-9-2-1-3-10(11(9)14)16-4-5-17-8(7-16)6-15-12(17)18/h1-3,8H,4-7,14H2,(H,15,18). The summed E-state index contributed by atoms with van der Waals surface area (Å²) in [5.41, 5.74) is 7.58. The summed E-state index contributed by atoms with van der Waals surface area (Å²) in [7, 11) is 0. The van der Waals surface area contributed by atoms with Gasteiger partial charge in [-0.05, 0) is 12.1 Å². The smallest absolute Gasteiger partial charge is 0.317 e. The fourth-order valence-corrected chi connectivity index (χ4v) is 2.79. The maximum absolute atomic E-state index is 11.5. The van der Waals surface area contributed by atoms with Crippen LogP contribution in [0.3, 0.4) is 0 Å². The Labute approximate surface area is 110 Å². The van der Waals surface area contributed by atoms with Crippen LogP contribution in [0.5, 0.6) is 0 Å². The van der Waals surface area contributed by atoms with Crippen LogP contribution < -0.4 is 16.0 Å². The molecule has 1 aromatic rings. The number of hydrogen-bond donors (Lipinski definition) is 2. The molecule has 1 atom stereocenters. The van der Waals surface area contributed by atoms with Crippen molar-refractivity contribution in [1.29, 1.82) is 0 Å². The van der Waals surface area contributed by atoms with Gasteiger partial charge in [0.2, 0.25) is 0 Å². The van der Waals surface area contributed by atoms with Gasteiger partial charge in [0.25, 0.3) is 0 Å². The molecule has 96 valence electrons. The number of carbonyl (C=O) groups excluding carboxylic acids is 1. The van der Waals surface area contributed by atoms with E-state index in [-0.39, 0.29) is 12.1 Å². The lowest BCUT2D eigenvalue weighted by atomic mass is 10.1. The SMILES string of the molecule is Nc1c(Cl)cccc1N1CCN2C(=O)NCC2C1. The summed E-state index contributed by atoms with van der Waals surface area (Å²) in [5.74, 6) is 0. The zero-order valence-electron chi connectivity index (χ0n) is 9.90. The third-order valence-corrected chi connectivity index (χ3v) is 3.93. The zero-order valence-corrected chi connectivity index (χ0v) is 10.7. The van der Waals surface area contributed by atoms with E-state index in [0.717, 1.165) is 25.3 Å². The molecular weight excluding hydrogens is 252 g/mol. The third kappa shape index (κ3) is 1.75. The van der Waals surface area contributed by atoms with Gasteiger partial charge in [0.15, 0.2) is 0 Å². The van der Waals surface area contributed by atoms with Crippen LogP contribution in [0.25, 0.3) is 0 Å². The first-order chi connectivity index (χ1) is 8.66. The fourth-order valence-electron chi connectivity index (χ4n) is 2.62. The van der Waals surface area contributed by atoms with Crippen molar-refractivity contribution in [2.45, 2.75) is 6.04 Å². The van der Waals surface area contributed by atoms with E-state index in [1.807, 2.05) is 17.0 Å². The van der Waals surface area contributed by atoms with Gasteiger partial charge >= 0.3 is 6.03 Å². The first kappa shape index (κ1) is 11.5. The molecule has 2 amide bonds. The average molecular weight is 267 g/mol. The van der Waals surface area contributed by atoms with Crippen LogP contribution in [-0.2, 0) is 0 Å². The van der Waals surface area contributed by atoms with E-state index in [1.165, 1.54) is 0 Å². The van der Waals surface area contributed by atoms with E-state index in [2.05, 4.69) is 10.2 Å². The fraction of sp³-hybridized carbons (Fsp3) is 0.417. The first-order valence-electron chi connectivity index (χ1n) is 6.00. The molecule has 2 fully saturated rings. The second-order valence-corrected chi connectivity index (χ2v) is 5.06. The van der Waals surface area contributed by atoms with Gasteiger partial charge in [-0.15, -0.1) is 0 Å². The molecule has 0 saturated carbocycles. The average Bonchev–Trinajstić information content (AvgIpc) is 2.74. The number of para-hydroxylation sites is 1. The summed E-state index contributed by atoms with van der Waals surface area (Å²) in [6.07, 6.45) is 0. The van der Waals surface area contributed by atoms with Gasteiger partial charge in [-0.25, -0.2) is 4.79 Å². The molecule has 3 N–H and O–H groups in total. The van der Waals surface area contributed by atoms with Crippen molar-refractivity contribution in [3.8, 4) is 0 Å². The van der Waals surface area contributed by atoms with E-state index < -0.39 is 0 Å². The van der Waals surface area contributed by atoms with Crippen LogP contribution in [-0.4, -0.2) is 43.2 Å². The number of carbonyl (C=O) groups is 1. The maximum Gasteiger partial charge on any atom is 0.317 e. The minimum atomic E-state index is 0.0405. The van der Waals surface area contributed by atoms with Crippen molar-refractivity contribution in [3.05, 3.63) is 23.2 Å². The lowest BCUT2D eigenvalue weighted by Crippen LogP contribution is -2.52. The Kier molecular flexibility index (Phi) is 2.70. The molecular formula is C12H15ClN4O. The summed E-state index contributed by atoms with van der Waals surface area (Å²) in [4.78, 5) is 15.6. The summed E-state index contributed by atoms with van der Waals surface area (Å²) >= 11 is 6.04. The van der Waals surface area contributed by atoms with Gasteiger partial charge in [-0.2, -0.15) is 0 Å². The van der Waals surface area contributed by atoms with Crippen molar-refractivity contribution in [1.82, 2.24) is 10.2 Å². The minimum absolute atomic E-state index is 0.0405. The number of nitrogens with two attached hydrogens (primary N) is 1. The number of amides is 2. The highest BCUT2D eigenvalue weighted by Crippen LogP contribution is 2.31. The lowest BCUT2D eigenvalue weighted by Gasteiger charge is -2.38. The minimum Gasteiger partial charge on any atom is -0.396 e. The number of nitrogen functional groups attached to an aromatic ring is 1. The summed E-state index contributed by atoms with van der Waals surface area (Å²) < 4.78 is 0. The number of urea groups is 1. The second-order valence-electron chi connectivity index (χ2n) is 4.65. The summed E-state index contributed by atoms with van der Waals surface area (Å²) in [6.45, 7) is 3.01. The van der Waals surface area contributed by atoms with Crippen LogP contribution in [0, 0.1) is 0 Å². The Hall–Kier alpha value is -1.62. The number of anilines is 2. The molecule has 0 bridgehead atoms. The van der Waals surface area contributed by atoms with E-state index in [9.17, 15) is 4.79 Å². The number of fused-ring (bicyclic) bond motifs is 1. The van der Waals surface area contributed by atoms with Crippen molar-refractivity contribution >= 4 is 29.0 Å². The first-order valence-corrected chi connectivity index (χ1v) is 6.38. The third-order valence-electron chi connectivity index (χ3n) is 3.60. The van der Waals surface area contributed by atoms with Crippen LogP contribution in [0.4, 0.5) is 16.2 Å². The van der Waals surface area contributed by atoms with Crippen LogP contribution in [0.2, 0.25) is 5.02 Å². The monoisotopic (exact) mass is 266 g/mol. The zero-order chi connectivity index (χ0) is 12.7. The number of piperazine rings is 1. The molecule has 2 heterocycles. The Bertz CT molecular complexity index is 493. The molecule has 1 unspecified atom stereocenters. The quantitative estimate of drug-likeness (QED) is 0.750. The molecule has 6 heteroatoms. The number of hydrogen-bond acceptors (Lipinski definition) is 3. The topological polar surface area (TPSA) is 61.6 Å². The van der Waals surface area contributed by atoms with Crippen molar-refractivity contribution in [2.24, 2.45) is 0 Å². The van der Waals surface area contributed by atoms with Crippen LogP contribution >= 0.6 is 11.6 Å². The Morgan fingerprint density at radius 1 is 1.39 bits per heavy atom. The number of nitrogens with one attached hydrogen (secondary N) is 1. The predicted molar refractivity (Wildman–Crippen MR) is 72.0 cm³/mol. The molecule has 5 nitrogen and oxygen atoms in total. The molecule has 1 aromatic carbocycles. The van der Waals surface area contributed by atoms with Crippen LogP contribution in [0.15, 0.2) is 18.2 Å². The number of benzene rings is 1. The summed E-state index contributed by atoms with van der Waals surface area (Å²) in [6, 6.07) is 5.93. The van der Waals surface area contributed by atoms with E-state index >= 15 is 0 Å². The molecule has 0 radical (unpaired) electrons. The molecule has 2 saturated heterocycles. The number of halogens is 1. The Balaban J connectivity index is 1.83. The highest BCUT2D eigenvalue weighted by Gasteiger charge is 2.35. The van der Waals surface area contributed by atoms with Gasteiger partial charge in [0.1, 0.15) is 0 Å².